The Labute approximate surface area is 182 Å². The van der Waals surface area contributed by atoms with Crippen molar-refractivity contribution in [3.05, 3.63) is 53.6 Å². The van der Waals surface area contributed by atoms with Gasteiger partial charge in [-0.1, -0.05) is 18.2 Å². The van der Waals surface area contributed by atoms with Crippen molar-refractivity contribution in [1.82, 2.24) is 5.32 Å². The van der Waals surface area contributed by atoms with Crippen LogP contribution in [0, 0.1) is 6.92 Å². The number of aryl methyl sites for hydroxylation is 1. The Morgan fingerprint density at radius 3 is 2.61 bits per heavy atom. The molecule has 3 aromatic rings. The third kappa shape index (κ3) is 5.92. The number of rotatable bonds is 10. The van der Waals surface area contributed by atoms with Crippen LogP contribution in [0.5, 0.6) is 11.7 Å². The van der Waals surface area contributed by atoms with E-state index in [1.807, 2.05) is 39.2 Å². The zero-order valence-electron chi connectivity index (χ0n) is 18.6. The van der Waals surface area contributed by atoms with Crippen LogP contribution in [0.15, 0.2) is 46.9 Å². The first kappa shape index (κ1) is 22.5. The van der Waals surface area contributed by atoms with E-state index >= 15 is 0 Å². The molecule has 0 aliphatic carbocycles. The van der Waals surface area contributed by atoms with Crippen LogP contribution in [0.4, 0.5) is 10.5 Å². The summed E-state index contributed by atoms with van der Waals surface area (Å²) in [6.45, 7) is 6.00. The molecule has 166 valence electrons. The second-order valence-corrected chi connectivity index (χ2v) is 7.37. The number of nitrogens with zero attached hydrogens (tertiary/aromatic N) is 1. The highest BCUT2D eigenvalue weighted by Crippen LogP contribution is 2.37. The molecule has 1 aromatic heterocycles. The predicted molar refractivity (Wildman–Crippen MR) is 121 cm³/mol. The topological polar surface area (TPSA) is 73.2 Å². The first-order valence-corrected chi connectivity index (χ1v) is 10.5. The Morgan fingerprint density at radius 2 is 1.90 bits per heavy atom. The summed E-state index contributed by atoms with van der Waals surface area (Å²) in [6, 6.07) is 14.1. The number of carbonyl (C=O) groups excluding carboxylic acids is 1. The van der Waals surface area contributed by atoms with Gasteiger partial charge in [-0.3, -0.25) is 0 Å². The van der Waals surface area contributed by atoms with Crippen molar-refractivity contribution < 1.29 is 23.4 Å². The van der Waals surface area contributed by atoms with Crippen molar-refractivity contribution in [2.45, 2.75) is 26.8 Å². The fourth-order valence-corrected chi connectivity index (χ4v) is 3.21. The van der Waals surface area contributed by atoms with Crippen molar-refractivity contribution in [3.63, 3.8) is 0 Å². The van der Waals surface area contributed by atoms with Crippen LogP contribution in [-0.4, -0.2) is 40.0 Å². The van der Waals surface area contributed by atoms with Gasteiger partial charge in [-0.25, -0.2) is 4.79 Å². The van der Waals surface area contributed by atoms with E-state index in [2.05, 4.69) is 34.5 Å². The fourth-order valence-electron chi connectivity index (χ4n) is 3.21. The first-order chi connectivity index (χ1) is 15.0. The Balaban J connectivity index is 1.49. The number of benzene rings is 2. The summed E-state index contributed by atoms with van der Waals surface area (Å²) in [6.07, 6.45) is 0.0736. The molecule has 3 rings (SSSR count). The van der Waals surface area contributed by atoms with Gasteiger partial charge < -0.3 is 28.8 Å². The monoisotopic (exact) mass is 426 g/mol. The van der Waals surface area contributed by atoms with Gasteiger partial charge in [0.05, 0.1) is 18.6 Å². The Kier molecular flexibility index (Phi) is 7.78. The molecule has 0 bridgehead atoms. The molecule has 7 heteroatoms. The summed E-state index contributed by atoms with van der Waals surface area (Å²) in [5.41, 5.74) is 3.75. The third-order valence-electron chi connectivity index (χ3n) is 4.85. The summed E-state index contributed by atoms with van der Waals surface area (Å²) in [5.74, 6) is 0.836. The van der Waals surface area contributed by atoms with Gasteiger partial charge in [0.2, 0.25) is 0 Å². The van der Waals surface area contributed by atoms with Crippen LogP contribution in [0.2, 0.25) is 0 Å². The SMILES string of the molecule is CCOC(=O)Oc1oc2cccc(OCCCNCc3ccc(N(C)C)cc3)c2c1C. The van der Waals surface area contributed by atoms with Crippen LogP contribution >= 0.6 is 0 Å². The lowest BCUT2D eigenvalue weighted by atomic mass is 10.1. The fraction of sp³-hybridized carbons (Fsp3) is 0.375. The Morgan fingerprint density at radius 1 is 1.13 bits per heavy atom. The molecule has 1 heterocycles. The minimum Gasteiger partial charge on any atom is -0.493 e. The number of furan rings is 1. The maximum atomic E-state index is 11.6. The van der Waals surface area contributed by atoms with E-state index in [0.717, 1.165) is 24.9 Å². The smallest absolute Gasteiger partial charge is 0.493 e. The van der Waals surface area contributed by atoms with Gasteiger partial charge in [0.15, 0.2) is 0 Å². The molecule has 0 unspecified atom stereocenters. The number of hydrogen-bond acceptors (Lipinski definition) is 7. The molecular formula is C24H30N2O5. The van der Waals surface area contributed by atoms with Gasteiger partial charge in [0.25, 0.3) is 5.95 Å². The zero-order chi connectivity index (χ0) is 22.2. The number of nitrogens with one attached hydrogen (secondary N) is 1. The van der Waals surface area contributed by atoms with E-state index in [1.54, 1.807) is 6.92 Å². The van der Waals surface area contributed by atoms with Crippen LogP contribution in [0.1, 0.15) is 24.5 Å². The van der Waals surface area contributed by atoms with Crippen LogP contribution in [0.3, 0.4) is 0 Å². The Bertz CT molecular complexity index is 995. The van der Waals surface area contributed by atoms with E-state index in [4.69, 9.17) is 18.6 Å². The normalized spacial score (nSPS) is 10.8. The molecule has 2 aromatic carbocycles. The minimum absolute atomic E-state index is 0.131. The second-order valence-electron chi connectivity index (χ2n) is 7.37. The quantitative estimate of drug-likeness (QED) is 0.365. The molecule has 0 atom stereocenters. The molecule has 31 heavy (non-hydrogen) atoms. The largest absolute Gasteiger partial charge is 0.516 e. The van der Waals surface area contributed by atoms with E-state index in [9.17, 15) is 4.79 Å². The molecule has 1 N–H and O–H groups in total. The molecule has 0 spiro atoms. The summed E-state index contributed by atoms with van der Waals surface area (Å²) in [4.78, 5) is 13.7. The molecular weight excluding hydrogens is 396 g/mol. The van der Waals surface area contributed by atoms with Gasteiger partial charge in [-0.05, 0) is 56.6 Å². The number of hydrogen-bond donors (Lipinski definition) is 1. The number of fused-ring (bicyclic) bond motifs is 1. The Hall–Kier alpha value is -3.19. The first-order valence-electron chi connectivity index (χ1n) is 10.5. The molecule has 0 aliphatic heterocycles. The highest BCUT2D eigenvalue weighted by molar-refractivity contribution is 5.89. The minimum atomic E-state index is -0.783. The zero-order valence-corrected chi connectivity index (χ0v) is 18.6. The van der Waals surface area contributed by atoms with Crippen LogP contribution in [-0.2, 0) is 11.3 Å². The lowest BCUT2D eigenvalue weighted by Gasteiger charge is -2.13. The number of anilines is 1. The number of ether oxygens (including phenoxy) is 3. The summed E-state index contributed by atoms with van der Waals surface area (Å²) in [5, 5.41) is 4.24. The maximum absolute atomic E-state index is 11.6. The van der Waals surface area contributed by atoms with Crippen molar-refractivity contribution in [2.75, 3.05) is 38.8 Å². The molecule has 0 amide bonds. The summed E-state index contributed by atoms with van der Waals surface area (Å²) in [7, 11) is 4.07. The summed E-state index contributed by atoms with van der Waals surface area (Å²) < 4.78 is 21.6. The second kappa shape index (κ2) is 10.7. The van der Waals surface area contributed by atoms with Gasteiger partial charge >= 0.3 is 6.16 Å². The average molecular weight is 427 g/mol. The third-order valence-corrected chi connectivity index (χ3v) is 4.85. The standard InChI is InChI=1S/C24H30N2O5/c1-5-28-24(27)31-23-17(2)22-20(8-6-9-21(22)30-23)29-15-7-14-25-16-18-10-12-19(13-11-18)26(3)4/h6,8-13,25H,5,7,14-16H2,1-4H3. The van der Waals surface area contributed by atoms with E-state index in [0.29, 0.717) is 23.5 Å². The lowest BCUT2D eigenvalue weighted by Crippen LogP contribution is -2.17. The molecule has 0 saturated carbocycles. The molecule has 0 saturated heterocycles. The van der Waals surface area contributed by atoms with E-state index in [-0.39, 0.29) is 12.6 Å². The highest BCUT2D eigenvalue weighted by atomic mass is 16.8. The summed E-state index contributed by atoms with van der Waals surface area (Å²) >= 11 is 0. The van der Waals surface area contributed by atoms with Gasteiger partial charge in [-0.15, -0.1) is 0 Å². The maximum Gasteiger partial charge on any atom is 0.516 e. The predicted octanol–water partition coefficient (Wildman–Crippen LogP) is 4.90. The van der Waals surface area contributed by atoms with Gasteiger partial charge in [0, 0.05) is 31.9 Å². The van der Waals surface area contributed by atoms with Crippen molar-refractivity contribution in [1.29, 1.82) is 0 Å². The van der Waals surface area contributed by atoms with Crippen molar-refractivity contribution >= 4 is 22.8 Å². The van der Waals surface area contributed by atoms with Crippen LogP contribution < -0.4 is 19.7 Å². The van der Waals surface area contributed by atoms with Crippen LogP contribution in [0.25, 0.3) is 11.0 Å². The molecule has 0 aliphatic rings. The van der Waals surface area contributed by atoms with E-state index < -0.39 is 6.16 Å². The molecule has 0 fully saturated rings. The highest BCUT2D eigenvalue weighted by Gasteiger charge is 2.19. The average Bonchev–Trinajstić information content (AvgIpc) is 3.07. The van der Waals surface area contributed by atoms with Crippen molar-refractivity contribution in [3.8, 4) is 11.7 Å². The molecule has 7 nitrogen and oxygen atoms in total. The van der Waals surface area contributed by atoms with Crippen molar-refractivity contribution in [2.24, 2.45) is 0 Å². The van der Waals surface area contributed by atoms with Gasteiger partial charge in [0.1, 0.15) is 11.3 Å². The molecule has 0 radical (unpaired) electrons. The lowest BCUT2D eigenvalue weighted by molar-refractivity contribution is 0.0953. The number of carbonyl (C=O) groups is 1. The van der Waals surface area contributed by atoms with E-state index in [1.165, 1.54) is 11.3 Å². The van der Waals surface area contributed by atoms with Gasteiger partial charge in [-0.2, -0.15) is 0 Å².